The van der Waals surface area contributed by atoms with Crippen LogP contribution in [0.3, 0.4) is 0 Å². The van der Waals surface area contributed by atoms with E-state index >= 15 is 0 Å². The second-order valence-corrected chi connectivity index (χ2v) is 8.31. The minimum atomic E-state index is -3.67. The Morgan fingerprint density at radius 1 is 1.11 bits per heavy atom. The summed E-state index contributed by atoms with van der Waals surface area (Å²) < 4.78 is 28.2. The summed E-state index contributed by atoms with van der Waals surface area (Å²) in [6.07, 6.45) is 3.78. The van der Waals surface area contributed by atoms with Crippen LogP contribution in [0.4, 0.5) is 11.4 Å². The number of benzene rings is 2. The number of rotatable bonds is 5. The van der Waals surface area contributed by atoms with Gasteiger partial charge in [-0.15, -0.1) is 12.4 Å². The van der Waals surface area contributed by atoms with E-state index in [1.165, 1.54) is 6.07 Å². The predicted octanol–water partition coefficient (Wildman–Crippen LogP) is 3.47. The first kappa shape index (κ1) is 21.2. The minimum absolute atomic E-state index is 0. The number of nitrogens with one attached hydrogen (secondary N) is 2. The number of carbonyl (C=O) groups is 1. The molecule has 0 saturated heterocycles. The van der Waals surface area contributed by atoms with Gasteiger partial charge < -0.3 is 11.1 Å². The SMILES string of the molecule is Cc1ccc(C(=O)Nc2ccccc2N)cc1S(=O)(=O)NC1CCCC1.Cl. The molecule has 0 aromatic heterocycles. The summed E-state index contributed by atoms with van der Waals surface area (Å²) in [5.74, 6) is -0.403. The van der Waals surface area contributed by atoms with Crippen molar-refractivity contribution in [2.45, 2.75) is 43.5 Å². The van der Waals surface area contributed by atoms with Gasteiger partial charge in [-0.1, -0.05) is 31.0 Å². The van der Waals surface area contributed by atoms with Crippen molar-refractivity contribution >= 4 is 39.7 Å². The van der Waals surface area contributed by atoms with Gasteiger partial charge in [-0.05, 0) is 49.6 Å². The van der Waals surface area contributed by atoms with Crippen LogP contribution in [-0.2, 0) is 10.0 Å². The lowest BCUT2D eigenvalue weighted by molar-refractivity contribution is 0.102. The molecule has 1 amide bonds. The van der Waals surface area contributed by atoms with Gasteiger partial charge in [0.1, 0.15) is 0 Å². The summed E-state index contributed by atoms with van der Waals surface area (Å²) in [6.45, 7) is 1.72. The maximum atomic E-state index is 12.7. The maximum Gasteiger partial charge on any atom is 0.255 e. The molecule has 0 atom stereocenters. The van der Waals surface area contributed by atoms with Crippen LogP contribution in [0.1, 0.15) is 41.6 Å². The Morgan fingerprint density at radius 3 is 2.44 bits per heavy atom. The van der Waals surface area contributed by atoms with Crippen LogP contribution in [0.2, 0.25) is 0 Å². The van der Waals surface area contributed by atoms with E-state index in [0.29, 0.717) is 16.9 Å². The monoisotopic (exact) mass is 409 g/mol. The van der Waals surface area contributed by atoms with Crippen molar-refractivity contribution in [3.05, 3.63) is 53.6 Å². The number of hydrogen-bond acceptors (Lipinski definition) is 4. The first-order chi connectivity index (χ1) is 12.4. The number of aryl methyl sites for hydroxylation is 1. The zero-order valence-corrected chi connectivity index (χ0v) is 16.7. The number of nitrogen functional groups attached to an aromatic ring is 1. The highest BCUT2D eigenvalue weighted by Gasteiger charge is 2.25. The molecule has 0 bridgehead atoms. The lowest BCUT2D eigenvalue weighted by Crippen LogP contribution is -2.33. The molecule has 4 N–H and O–H groups in total. The molecule has 3 rings (SSSR count). The van der Waals surface area contributed by atoms with E-state index in [9.17, 15) is 13.2 Å². The molecule has 8 heteroatoms. The molecule has 1 aliphatic rings. The zero-order chi connectivity index (χ0) is 18.7. The third kappa shape index (κ3) is 5.00. The van der Waals surface area contributed by atoms with Crippen molar-refractivity contribution in [3.63, 3.8) is 0 Å². The van der Waals surface area contributed by atoms with E-state index in [1.54, 1.807) is 43.3 Å². The highest BCUT2D eigenvalue weighted by Crippen LogP contribution is 2.23. The fraction of sp³-hybridized carbons (Fsp3) is 0.316. The largest absolute Gasteiger partial charge is 0.397 e. The zero-order valence-electron chi connectivity index (χ0n) is 15.1. The fourth-order valence-electron chi connectivity index (χ4n) is 3.16. The number of amides is 1. The molecule has 146 valence electrons. The first-order valence-electron chi connectivity index (χ1n) is 8.65. The Hall–Kier alpha value is -2.09. The van der Waals surface area contributed by atoms with E-state index in [1.807, 2.05) is 0 Å². The highest BCUT2D eigenvalue weighted by atomic mass is 35.5. The minimum Gasteiger partial charge on any atom is -0.397 e. The maximum absolute atomic E-state index is 12.7. The molecule has 0 aliphatic heterocycles. The van der Waals surface area contributed by atoms with Gasteiger partial charge in [0.15, 0.2) is 0 Å². The van der Waals surface area contributed by atoms with Gasteiger partial charge in [-0.3, -0.25) is 4.79 Å². The van der Waals surface area contributed by atoms with Crippen LogP contribution in [0.15, 0.2) is 47.4 Å². The van der Waals surface area contributed by atoms with E-state index < -0.39 is 15.9 Å². The van der Waals surface area contributed by atoms with E-state index in [0.717, 1.165) is 25.7 Å². The van der Waals surface area contributed by atoms with E-state index in [-0.39, 0.29) is 28.9 Å². The number of para-hydroxylation sites is 2. The number of anilines is 2. The first-order valence-corrected chi connectivity index (χ1v) is 10.1. The van der Waals surface area contributed by atoms with Crippen LogP contribution in [-0.4, -0.2) is 20.4 Å². The molecule has 0 radical (unpaired) electrons. The Balaban J connectivity index is 0.00000261. The lowest BCUT2D eigenvalue weighted by Gasteiger charge is -2.15. The lowest BCUT2D eigenvalue weighted by atomic mass is 10.1. The Kier molecular flexibility index (Phi) is 6.86. The van der Waals surface area contributed by atoms with Crippen molar-refractivity contribution in [2.75, 3.05) is 11.1 Å². The molecule has 1 fully saturated rings. The van der Waals surface area contributed by atoms with Gasteiger partial charge in [0.25, 0.3) is 5.91 Å². The van der Waals surface area contributed by atoms with Crippen LogP contribution in [0, 0.1) is 6.92 Å². The van der Waals surface area contributed by atoms with Crippen molar-refractivity contribution in [1.82, 2.24) is 4.72 Å². The summed E-state index contributed by atoms with van der Waals surface area (Å²) in [6, 6.07) is 11.6. The van der Waals surface area contributed by atoms with Crippen LogP contribution < -0.4 is 15.8 Å². The molecule has 2 aromatic carbocycles. The molecule has 1 saturated carbocycles. The molecular formula is C19H24ClN3O3S. The third-order valence-electron chi connectivity index (χ3n) is 4.63. The summed E-state index contributed by atoms with van der Waals surface area (Å²) in [5.41, 5.74) is 7.65. The van der Waals surface area contributed by atoms with Crippen molar-refractivity contribution in [2.24, 2.45) is 0 Å². The molecule has 0 unspecified atom stereocenters. The topological polar surface area (TPSA) is 101 Å². The van der Waals surface area contributed by atoms with Crippen LogP contribution in [0.5, 0.6) is 0 Å². The van der Waals surface area contributed by atoms with Crippen molar-refractivity contribution in [3.8, 4) is 0 Å². The van der Waals surface area contributed by atoms with Crippen molar-refractivity contribution < 1.29 is 13.2 Å². The Labute approximate surface area is 166 Å². The Morgan fingerprint density at radius 2 is 1.78 bits per heavy atom. The van der Waals surface area contributed by atoms with Crippen LogP contribution in [0.25, 0.3) is 0 Å². The molecule has 0 heterocycles. The second kappa shape index (κ2) is 8.73. The smallest absolute Gasteiger partial charge is 0.255 e. The van der Waals surface area contributed by atoms with Gasteiger partial charge in [-0.25, -0.2) is 13.1 Å². The quantitative estimate of drug-likeness (QED) is 0.658. The van der Waals surface area contributed by atoms with Gasteiger partial charge in [-0.2, -0.15) is 0 Å². The highest BCUT2D eigenvalue weighted by molar-refractivity contribution is 7.89. The Bertz CT molecular complexity index is 926. The van der Waals surface area contributed by atoms with Crippen molar-refractivity contribution in [1.29, 1.82) is 0 Å². The second-order valence-electron chi connectivity index (χ2n) is 6.62. The predicted molar refractivity (Wildman–Crippen MR) is 110 cm³/mol. The summed E-state index contributed by atoms with van der Waals surface area (Å²) in [7, 11) is -3.67. The van der Waals surface area contributed by atoms with Gasteiger partial charge in [0, 0.05) is 11.6 Å². The number of sulfonamides is 1. The number of carbonyl (C=O) groups excluding carboxylic acids is 1. The molecule has 2 aromatic rings. The average Bonchev–Trinajstić information content (AvgIpc) is 3.09. The summed E-state index contributed by atoms with van der Waals surface area (Å²) in [4.78, 5) is 12.7. The number of hydrogen-bond donors (Lipinski definition) is 3. The average molecular weight is 410 g/mol. The molecule has 1 aliphatic carbocycles. The van der Waals surface area contributed by atoms with Gasteiger partial charge in [0.05, 0.1) is 16.3 Å². The van der Waals surface area contributed by atoms with Gasteiger partial charge >= 0.3 is 0 Å². The standard InChI is InChI=1S/C19H23N3O3S.ClH/c1-13-10-11-14(19(23)21-17-9-5-4-8-16(17)20)12-18(13)26(24,25)22-15-6-2-3-7-15;/h4-5,8-12,15,22H,2-3,6-7,20H2,1H3,(H,21,23);1H. The molecular weight excluding hydrogens is 386 g/mol. The van der Waals surface area contributed by atoms with Gasteiger partial charge in [0.2, 0.25) is 10.0 Å². The molecule has 0 spiro atoms. The van der Waals surface area contributed by atoms with E-state index in [2.05, 4.69) is 10.0 Å². The van der Waals surface area contributed by atoms with Crippen LogP contribution >= 0.6 is 12.4 Å². The summed E-state index contributed by atoms with van der Waals surface area (Å²) >= 11 is 0. The number of nitrogens with two attached hydrogens (primary N) is 1. The normalized spacial score (nSPS) is 14.6. The third-order valence-corrected chi connectivity index (χ3v) is 6.29. The molecule has 6 nitrogen and oxygen atoms in total. The molecule has 27 heavy (non-hydrogen) atoms. The summed E-state index contributed by atoms with van der Waals surface area (Å²) in [5, 5.41) is 2.72. The van der Waals surface area contributed by atoms with E-state index in [4.69, 9.17) is 5.73 Å². The number of halogens is 1. The fourth-order valence-corrected chi connectivity index (χ4v) is 4.74.